The predicted molar refractivity (Wildman–Crippen MR) is 78.5 cm³/mol. The molecule has 0 bridgehead atoms. The van der Waals surface area contributed by atoms with E-state index in [-0.39, 0.29) is 12.5 Å². The molecule has 0 amide bonds. The van der Waals surface area contributed by atoms with Crippen molar-refractivity contribution >= 4 is 29.2 Å². The second-order valence-corrected chi connectivity index (χ2v) is 5.65. The summed E-state index contributed by atoms with van der Waals surface area (Å²) in [6.07, 6.45) is 0.821. The first kappa shape index (κ1) is 15.6. The quantitative estimate of drug-likeness (QED) is 0.905. The highest BCUT2D eigenvalue weighted by atomic mass is 35.5. The Morgan fingerprint density at radius 1 is 1.40 bits per heavy atom. The molecule has 1 aliphatic heterocycles. The SMILES string of the molecule is O=C(O)CCCN1CCOC(c2ccc(Cl)c(Cl)c2)C1. The Kier molecular flexibility index (Phi) is 5.66. The Labute approximate surface area is 128 Å². The second kappa shape index (κ2) is 7.27. The summed E-state index contributed by atoms with van der Waals surface area (Å²) in [5.41, 5.74) is 1.00. The molecule has 1 aliphatic rings. The lowest BCUT2D eigenvalue weighted by molar-refractivity contribution is -0.137. The van der Waals surface area contributed by atoms with Crippen molar-refractivity contribution in [3.8, 4) is 0 Å². The lowest BCUT2D eigenvalue weighted by atomic mass is 10.1. The Balaban J connectivity index is 1.92. The largest absolute Gasteiger partial charge is 0.481 e. The van der Waals surface area contributed by atoms with Crippen LogP contribution in [0.5, 0.6) is 0 Å². The summed E-state index contributed by atoms with van der Waals surface area (Å²) in [5.74, 6) is -0.751. The summed E-state index contributed by atoms with van der Waals surface area (Å²) in [5, 5.41) is 9.71. The number of nitrogens with zero attached hydrogens (tertiary/aromatic N) is 1. The fourth-order valence-corrected chi connectivity index (χ4v) is 2.58. The molecule has 1 heterocycles. The van der Waals surface area contributed by atoms with Crippen LogP contribution in [0.15, 0.2) is 18.2 Å². The fraction of sp³-hybridized carbons (Fsp3) is 0.500. The van der Waals surface area contributed by atoms with Gasteiger partial charge in [0.05, 0.1) is 22.8 Å². The van der Waals surface area contributed by atoms with Crippen LogP contribution in [0, 0.1) is 0 Å². The number of morpholine rings is 1. The van der Waals surface area contributed by atoms with Crippen molar-refractivity contribution in [1.82, 2.24) is 4.90 Å². The summed E-state index contributed by atoms with van der Waals surface area (Å²) in [6, 6.07) is 5.51. The average molecular weight is 318 g/mol. The van der Waals surface area contributed by atoms with Gasteiger partial charge >= 0.3 is 5.97 Å². The van der Waals surface area contributed by atoms with E-state index >= 15 is 0 Å². The van der Waals surface area contributed by atoms with Crippen molar-refractivity contribution in [3.63, 3.8) is 0 Å². The molecule has 20 heavy (non-hydrogen) atoms. The monoisotopic (exact) mass is 317 g/mol. The van der Waals surface area contributed by atoms with Crippen molar-refractivity contribution < 1.29 is 14.6 Å². The van der Waals surface area contributed by atoms with Crippen molar-refractivity contribution in [2.24, 2.45) is 0 Å². The van der Waals surface area contributed by atoms with Crippen LogP contribution < -0.4 is 0 Å². The molecule has 1 aromatic rings. The van der Waals surface area contributed by atoms with E-state index in [2.05, 4.69) is 4.90 Å². The van der Waals surface area contributed by atoms with Gasteiger partial charge in [-0.1, -0.05) is 29.3 Å². The van der Waals surface area contributed by atoms with Gasteiger partial charge in [0.1, 0.15) is 0 Å². The van der Waals surface area contributed by atoms with E-state index in [9.17, 15) is 4.79 Å². The Morgan fingerprint density at radius 2 is 2.20 bits per heavy atom. The van der Waals surface area contributed by atoms with Crippen LogP contribution in [0.4, 0.5) is 0 Å². The van der Waals surface area contributed by atoms with Gasteiger partial charge in [-0.3, -0.25) is 9.69 Å². The third-order valence-corrected chi connectivity index (χ3v) is 4.07. The minimum absolute atomic E-state index is 0.0386. The fourth-order valence-electron chi connectivity index (χ4n) is 2.27. The van der Waals surface area contributed by atoms with Crippen LogP contribution in [0.25, 0.3) is 0 Å². The predicted octanol–water partition coefficient (Wildman–Crippen LogP) is 3.23. The van der Waals surface area contributed by atoms with Gasteiger partial charge in [-0.15, -0.1) is 0 Å². The van der Waals surface area contributed by atoms with Crippen molar-refractivity contribution in [2.75, 3.05) is 26.2 Å². The maximum absolute atomic E-state index is 10.5. The molecule has 1 N–H and O–H groups in total. The molecule has 0 saturated carbocycles. The number of hydrogen-bond donors (Lipinski definition) is 1. The average Bonchev–Trinajstić information content (AvgIpc) is 2.42. The van der Waals surface area contributed by atoms with Crippen molar-refractivity contribution in [1.29, 1.82) is 0 Å². The van der Waals surface area contributed by atoms with Crippen LogP contribution in [-0.4, -0.2) is 42.2 Å². The lowest BCUT2D eigenvalue weighted by Crippen LogP contribution is -2.39. The lowest BCUT2D eigenvalue weighted by Gasteiger charge is -2.33. The van der Waals surface area contributed by atoms with Crippen LogP contribution in [0.1, 0.15) is 24.5 Å². The van der Waals surface area contributed by atoms with Crippen LogP contribution in [-0.2, 0) is 9.53 Å². The van der Waals surface area contributed by atoms with Crippen molar-refractivity contribution in [2.45, 2.75) is 18.9 Å². The Hall–Kier alpha value is -0.810. The van der Waals surface area contributed by atoms with Crippen LogP contribution in [0.3, 0.4) is 0 Å². The maximum atomic E-state index is 10.5. The molecule has 1 unspecified atom stereocenters. The number of ether oxygens (including phenoxy) is 1. The number of carboxylic acids is 1. The molecule has 1 atom stereocenters. The minimum Gasteiger partial charge on any atom is -0.481 e. The molecular weight excluding hydrogens is 301 g/mol. The molecule has 4 nitrogen and oxygen atoms in total. The highest BCUT2D eigenvalue weighted by Gasteiger charge is 2.22. The van der Waals surface area contributed by atoms with E-state index in [0.29, 0.717) is 23.1 Å². The summed E-state index contributed by atoms with van der Waals surface area (Å²) >= 11 is 11.9. The van der Waals surface area contributed by atoms with Crippen molar-refractivity contribution in [3.05, 3.63) is 33.8 Å². The number of benzene rings is 1. The molecule has 0 aromatic heterocycles. The highest BCUT2D eigenvalue weighted by molar-refractivity contribution is 6.42. The molecule has 0 radical (unpaired) electrons. The number of carbonyl (C=O) groups is 1. The normalized spacial score (nSPS) is 20.0. The van der Waals surface area contributed by atoms with E-state index < -0.39 is 5.97 Å². The Morgan fingerprint density at radius 3 is 2.90 bits per heavy atom. The van der Waals surface area contributed by atoms with Gasteiger partial charge in [-0.25, -0.2) is 0 Å². The number of aliphatic carboxylic acids is 1. The summed E-state index contributed by atoms with van der Waals surface area (Å²) in [6.45, 7) is 2.99. The summed E-state index contributed by atoms with van der Waals surface area (Å²) < 4.78 is 5.76. The molecule has 6 heteroatoms. The zero-order valence-corrected chi connectivity index (χ0v) is 12.5. The van der Waals surface area contributed by atoms with Gasteiger partial charge in [0, 0.05) is 19.5 Å². The molecule has 1 aromatic carbocycles. The zero-order chi connectivity index (χ0) is 14.5. The first-order chi connectivity index (χ1) is 9.56. The third kappa shape index (κ3) is 4.35. The topological polar surface area (TPSA) is 49.8 Å². The number of halogens is 2. The number of hydrogen-bond acceptors (Lipinski definition) is 3. The molecule has 110 valence electrons. The highest BCUT2D eigenvalue weighted by Crippen LogP contribution is 2.29. The first-order valence-electron chi connectivity index (χ1n) is 6.57. The van der Waals surface area contributed by atoms with Crippen LogP contribution >= 0.6 is 23.2 Å². The standard InChI is InChI=1S/C14H17Cl2NO3/c15-11-4-3-10(8-12(11)16)13-9-17(6-7-20-13)5-1-2-14(18)19/h3-4,8,13H,1-2,5-7,9H2,(H,18,19). The number of carboxylic acid groups (broad SMARTS) is 1. The third-order valence-electron chi connectivity index (χ3n) is 3.33. The molecule has 2 rings (SSSR count). The molecule has 1 fully saturated rings. The summed E-state index contributed by atoms with van der Waals surface area (Å²) in [7, 11) is 0. The van der Waals surface area contributed by atoms with Gasteiger partial charge < -0.3 is 9.84 Å². The molecular formula is C14H17Cl2NO3. The van der Waals surface area contributed by atoms with Gasteiger partial charge in [0.25, 0.3) is 0 Å². The summed E-state index contributed by atoms with van der Waals surface area (Å²) in [4.78, 5) is 12.7. The number of rotatable bonds is 5. The molecule has 0 spiro atoms. The van der Waals surface area contributed by atoms with Crippen LogP contribution in [0.2, 0.25) is 10.0 Å². The maximum Gasteiger partial charge on any atom is 0.303 e. The van der Waals surface area contributed by atoms with E-state index in [1.807, 2.05) is 12.1 Å². The minimum atomic E-state index is -0.751. The molecule has 0 aliphatic carbocycles. The first-order valence-corrected chi connectivity index (χ1v) is 7.32. The Bertz CT molecular complexity index is 481. The van der Waals surface area contributed by atoms with Gasteiger partial charge in [-0.2, -0.15) is 0 Å². The second-order valence-electron chi connectivity index (χ2n) is 4.83. The smallest absolute Gasteiger partial charge is 0.303 e. The molecule has 1 saturated heterocycles. The zero-order valence-electron chi connectivity index (χ0n) is 11.0. The van der Waals surface area contributed by atoms with E-state index in [1.165, 1.54) is 0 Å². The van der Waals surface area contributed by atoms with E-state index in [0.717, 1.165) is 25.2 Å². The van der Waals surface area contributed by atoms with Gasteiger partial charge in [-0.05, 0) is 30.7 Å². The van der Waals surface area contributed by atoms with Gasteiger partial charge in [0.2, 0.25) is 0 Å². The van der Waals surface area contributed by atoms with E-state index in [1.54, 1.807) is 6.07 Å². The van der Waals surface area contributed by atoms with Gasteiger partial charge in [0.15, 0.2) is 0 Å². The van der Waals surface area contributed by atoms with E-state index in [4.69, 9.17) is 33.0 Å².